The molecule has 0 saturated heterocycles. The molecule has 0 aliphatic heterocycles. The molecule has 1 atom stereocenters. The quantitative estimate of drug-likeness (QED) is 0.670. The van der Waals surface area contributed by atoms with Crippen molar-refractivity contribution in [3.05, 3.63) is 52.8 Å². The number of carbonyl (C=O) groups is 1. The van der Waals surface area contributed by atoms with Crippen molar-refractivity contribution in [3.8, 4) is 0 Å². The summed E-state index contributed by atoms with van der Waals surface area (Å²) in [5.74, 6) is 0.782. The minimum atomic E-state index is -0.132. The lowest BCUT2D eigenvalue weighted by Gasteiger charge is -2.10. The van der Waals surface area contributed by atoms with E-state index in [1.165, 1.54) is 11.8 Å². The zero-order valence-corrected chi connectivity index (χ0v) is 14.5. The summed E-state index contributed by atoms with van der Waals surface area (Å²) in [6.07, 6.45) is 2.81. The van der Waals surface area contributed by atoms with Crippen LogP contribution in [0.15, 0.2) is 35.5 Å². The molecule has 0 spiro atoms. The number of fused-ring (bicyclic) bond motifs is 2. The van der Waals surface area contributed by atoms with Crippen molar-refractivity contribution in [1.82, 2.24) is 19.6 Å². The van der Waals surface area contributed by atoms with Crippen molar-refractivity contribution in [3.63, 3.8) is 0 Å². The van der Waals surface area contributed by atoms with E-state index in [0.29, 0.717) is 10.9 Å². The third kappa shape index (κ3) is 2.71. The van der Waals surface area contributed by atoms with Gasteiger partial charge in [-0.1, -0.05) is 36.0 Å². The number of nitrogens with zero attached hydrogens (tertiary/aromatic N) is 4. The zero-order chi connectivity index (χ0) is 16.7. The molecule has 6 heteroatoms. The summed E-state index contributed by atoms with van der Waals surface area (Å²) >= 11 is 1.46. The Hall–Kier alpha value is -2.21. The molecule has 1 aromatic carbocycles. The van der Waals surface area contributed by atoms with Gasteiger partial charge in [0.1, 0.15) is 0 Å². The van der Waals surface area contributed by atoms with E-state index in [1.807, 2.05) is 38.1 Å². The second-order valence-electron chi connectivity index (χ2n) is 6.17. The average molecular weight is 338 g/mol. The first-order valence-corrected chi connectivity index (χ1v) is 8.99. The molecule has 4 rings (SSSR count). The number of rotatable bonds is 2. The van der Waals surface area contributed by atoms with Gasteiger partial charge in [0.25, 0.3) is 5.78 Å². The lowest BCUT2D eigenvalue weighted by atomic mass is 10.0. The molecule has 122 valence electrons. The number of hydrogen-bond acceptors (Lipinski definition) is 5. The Kier molecular flexibility index (Phi) is 3.84. The Balaban J connectivity index is 1.66. The van der Waals surface area contributed by atoms with Gasteiger partial charge in [-0.2, -0.15) is 4.98 Å². The number of thioether (sulfide) groups is 1. The number of ketones is 1. The van der Waals surface area contributed by atoms with Crippen LogP contribution in [0.1, 0.15) is 40.2 Å². The van der Waals surface area contributed by atoms with Crippen molar-refractivity contribution >= 4 is 23.3 Å². The Labute approximate surface area is 144 Å². The highest BCUT2D eigenvalue weighted by atomic mass is 32.2. The molecule has 2 aromatic heterocycles. The molecule has 24 heavy (non-hydrogen) atoms. The molecule has 0 bridgehead atoms. The van der Waals surface area contributed by atoms with Crippen LogP contribution in [-0.4, -0.2) is 30.6 Å². The molecule has 5 nitrogen and oxygen atoms in total. The van der Waals surface area contributed by atoms with Gasteiger partial charge in [-0.15, -0.1) is 5.10 Å². The number of benzene rings is 1. The van der Waals surface area contributed by atoms with Crippen LogP contribution in [-0.2, 0) is 6.42 Å². The highest BCUT2D eigenvalue weighted by Gasteiger charge is 2.27. The van der Waals surface area contributed by atoms with E-state index in [4.69, 9.17) is 0 Å². The maximum atomic E-state index is 12.9. The molecule has 0 amide bonds. The van der Waals surface area contributed by atoms with Crippen LogP contribution in [0, 0.1) is 13.8 Å². The van der Waals surface area contributed by atoms with Gasteiger partial charge < -0.3 is 0 Å². The number of hydrogen-bond donors (Lipinski definition) is 0. The van der Waals surface area contributed by atoms with Gasteiger partial charge in [0.2, 0.25) is 5.16 Å². The molecule has 0 radical (unpaired) electrons. The fourth-order valence-electron chi connectivity index (χ4n) is 3.20. The van der Waals surface area contributed by atoms with Gasteiger partial charge in [0, 0.05) is 17.0 Å². The van der Waals surface area contributed by atoms with E-state index in [-0.39, 0.29) is 11.0 Å². The van der Waals surface area contributed by atoms with Gasteiger partial charge in [0.15, 0.2) is 5.78 Å². The Morgan fingerprint density at radius 1 is 1.21 bits per heavy atom. The maximum absolute atomic E-state index is 12.9. The molecule has 0 fully saturated rings. The molecule has 0 N–H and O–H groups in total. The van der Waals surface area contributed by atoms with Crippen molar-refractivity contribution in [2.75, 3.05) is 0 Å². The topological polar surface area (TPSA) is 60.2 Å². The molecule has 0 saturated carbocycles. The van der Waals surface area contributed by atoms with E-state index in [0.717, 1.165) is 41.8 Å². The van der Waals surface area contributed by atoms with Crippen LogP contribution >= 0.6 is 11.8 Å². The van der Waals surface area contributed by atoms with Crippen LogP contribution in [0.25, 0.3) is 5.78 Å². The summed E-state index contributed by atoms with van der Waals surface area (Å²) < 4.78 is 1.74. The lowest BCUT2D eigenvalue weighted by molar-refractivity contribution is 0.0988. The van der Waals surface area contributed by atoms with Crippen molar-refractivity contribution in [2.24, 2.45) is 0 Å². The second-order valence-corrected chi connectivity index (χ2v) is 7.34. The molecule has 1 unspecified atom stereocenters. The van der Waals surface area contributed by atoms with E-state index in [9.17, 15) is 4.79 Å². The normalized spacial score (nSPS) is 17.8. The molecule has 1 aliphatic rings. The van der Waals surface area contributed by atoms with E-state index in [2.05, 4.69) is 21.1 Å². The summed E-state index contributed by atoms with van der Waals surface area (Å²) in [4.78, 5) is 21.8. The third-order valence-electron chi connectivity index (χ3n) is 4.33. The zero-order valence-electron chi connectivity index (χ0n) is 13.7. The number of carbonyl (C=O) groups excluding carboxylic acids is 1. The Morgan fingerprint density at radius 2 is 2.04 bits per heavy atom. The van der Waals surface area contributed by atoms with Gasteiger partial charge in [0.05, 0.1) is 5.25 Å². The fourth-order valence-corrected chi connectivity index (χ4v) is 4.23. The largest absolute Gasteiger partial charge is 0.293 e. The molecule has 3 aromatic rings. The maximum Gasteiger partial charge on any atom is 0.253 e. The van der Waals surface area contributed by atoms with Gasteiger partial charge in [-0.25, -0.2) is 9.50 Å². The first-order chi connectivity index (χ1) is 11.6. The number of Topliss-reactive ketones (excluding diaryl/α,β-unsaturated/α-hetero) is 1. The van der Waals surface area contributed by atoms with E-state index >= 15 is 0 Å². The SMILES string of the molecule is Cc1cc(C)n2nc(SC3CCCc4ccccc4C3=O)nc2n1. The third-order valence-corrected chi connectivity index (χ3v) is 5.45. The summed E-state index contributed by atoms with van der Waals surface area (Å²) in [5.41, 5.74) is 3.92. The standard InChI is InChI=1S/C18H18N4OS/c1-11-10-12(2)22-17(19-11)20-18(21-22)24-15-9-5-7-13-6-3-4-8-14(13)16(15)23/h3-4,6,8,10,15H,5,7,9H2,1-2H3. The predicted octanol–water partition coefficient (Wildman–Crippen LogP) is 3.42. The molecule has 1 aliphatic carbocycles. The molecular weight excluding hydrogens is 320 g/mol. The van der Waals surface area contributed by atoms with Gasteiger partial charge in [-0.3, -0.25) is 4.79 Å². The monoisotopic (exact) mass is 338 g/mol. The van der Waals surface area contributed by atoms with E-state index < -0.39 is 0 Å². The highest BCUT2D eigenvalue weighted by Crippen LogP contribution is 2.31. The Morgan fingerprint density at radius 3 is 2.92 bits per heavy atom. The fraction of sp³-hybridized carbons (Fsp3) is 0.333. The lowest BCUT2D eigenvalue weighted by Crippen LogP contribution is -2.16. The molecular formula is C18H18N4OS. The van der Waals surface area contributed by atoms with Crippen molar-refractivity contribution in [1.29, 1.82) is 0 Å². The predicted molar refractivity (Wildman–Crippen MR) is 93.6 cm³/mol. The Bertz CT molecular complexity index is 934. The number of aryl methyl sites for hydroxylation is 3. The summed E-state index contributed by atoms with van der Waals surface area (Å²) in [5, 5.41) is 5.01. The molecule has 2 heterocycles. The average Bonchev–Trinajstić information content (AvgIpc) is 2.89. The van der Waals surface area contributed by atoms with Crippen LogP contribution in [0.3, 0.4) is 0 Å². The minimum Gasteiger partial charge on any atom is -0.293 e. The van der Waals surface area contributed by atoms with Crippen LogP contribution < -0.4 is 0 Å². The summed E-state index contributed by atoms with van der Waals surface area (Å²) in [6.45, 7) is 3.93. The summed E-state index contributed by atoms with van der Waals surface area (Å²) in [6, 6.07) is 9.90. The van der Waals surface area contributed by atoms with Crippen molar-refractivity contribution < 1.29 is 4.79 Å². The van der Waals surface area contributed by atoms with Gasteiger partial charge in [-0.05, 0) is 44.7 Å². The first kappa shape index (κ1) is 15.3. The summed E-state index contributed by atoms with van der Waals surface area (Å²) in [7, 11) is 0. The minimum absolute atomic E-state index is 0.132. The van der Waals surface area contributed by atoms with E-state index in [1.54, 1.807) is 4.52 Å². The van der Waals surface area contributed by atoms with Crippen LogP contribution in [0.5, 0.6) is 0 Å². The number of aromatic nitrogens is 4. The van der Waals surface area contributed by atoms with Crippen LogP contribution in [0.4, 0.5) is 0 Å². The highest BCUT2D eigenvalue weighted by molar-refractivity contribution is 8.00. The second kappa shape index (κ2) is 6.02. The van der Waals surface area contributed by atoms with Crippen molar-refractivity contribution in [2.45, 2.75) is 43.5 Å². The van der Waals surface area contributed by atoms with Gasteiger partial charge >= 0.3 is 0 Å². The first-order valence-electron chi connectivity index (χ1n) is 8.11. The smallest absolute Gasteiger partial charge is 0.253 e. The van der Waals surface area contributed by atoms with Crippen LogP contribution in [0.2, 0.25) is 0 Å².